The number of carbonyl (C=O) groups is 1. The van der Waals surface area contributed by atoms with E-state index in [0.29, 0.717) is 32.1 Å². The van der Waals surface area contributed by atoms with Gasteiger partial charge in [-0.2, -0.15) is 0 Å². The zero-order valence-electron chi connectivity index (χ0n) is 18.7. The highest BCUT2D eigenvalue weighted by Gasteiger charge is 2.30. The number of esters is 1. The van der Waals surface area contributed by atoms with Crippen molar-refractivity contribution in [3.8, 4) is 11.5 Å². The molecule has 2 aliphatic rings. The summed E-state index contributed by atoms with van der Waals surface area (Å²) >= 11 is 1.28. The molecule has 34 heavy (non-hydrogen) atoms. The minimum Gasteiger partial charge on any atom is -0.463 e. The number of hydrogen-bond acceptors (Lipinski definition) is 7. The van der Waals surface area contributed by atoms with Gasteiger partial charge in [0.2, 0.25) is 6.79 Å². The van der Waals surface area contributed by atoms with Crippen LogP contribution >= 0.6 is 11.3 Å². The van der Waals surface area contributed by atoms with Gasteiger partial charge in [-0.15, -0.1) is 0 Å². The van der Waals surface area contributed by atoms with Gasteiger partial charge in [-0.3, -0.25) is 9.36 Å². The zero-order chi connectivity index (χ0) is 23.7. The van der Waals surface area contributed by atoms with E-state index in [0.717, 1.165) is 11.1 Å². The van der Waals surface area contributed by atoms with Gasteiger partial charge < -0.3 is 14.2 Å². The summed E-state index contributed by atoms with van der Waals surface area (Å²) < 4.78 is 18.2. The molecule has 1 aromatic heterocycles. The summed E-state index contributed by atoms with van der Waals surface area (Å²) in [6.07, 6.45) is 5.55. The lowest BCUT2D eigenvalue weighted by molar-refractivity contribution is -0.139. The maximum atomic E-state index is 13.5. The predicted octanol–water partition coefficient (Wildman–Crippen LogP) is 3.19. The molecular formula is C26H22N2O5S. The number of carbonyl (C=O) groups excluding carboxylic acids is 1. The number of thiazole rings is 1. The Morgan fingerprint density at radius 1 is 1.18 bits per heavy atom. The van der Waals surface area contributed by atoms with Gasteiger partial charge in [0.05, 0.1) is 28.5 Å². The standard InChI is InChI=1S/C26H22N2O5S/c1-3-31-25(30)23-16(2)27-26-28(19(23)11-9-17-7-5-4-6-8-17)24(29)22(34-26)14-18-10-12-20-21(13-18)33-15-32-20/h4-14,19H,3,15H2,1-2H3/b11-9+,22-14?/t19-/m1/s1. The fraction of sp³-hybridized carbons (Fsp3) is 0.192. The fourth-order valence-corrected chi connectivity index (χ4v) is 4.99. The van der Waals surface area contributed by atoms with Crippen molar-refractivity contribution >= 4 is 29.5 Å². The molecule has 3 heterocycles. The van der Waals surface area contributed by atoms with Crippen LogP contribution in [-0.4, -0.2) is 23.9 Å². The maximum absolute atomic E-state index is 13.5. The number of benzene rings is 2. The molecule has 2 aromatic carbocycles. The minimum absolute atomic E-state index is 0.185. The fourth-order valence-electron chi connectivity index (χ4n) is 3.94. The molecule has 0 saturated heterocycles. The molecule has 5 rings (SSSR count). The Morgan fingerprint density at radius 3 is 2.76 bits per heavy atom. The van der Waals surface area contributed by atoms with Crippen LogP contribution in [0.2, 0.25) is 0 Å². The van der Waals surface area contributed by atoms with E-state index in [-0.39, 0.29) is 19.0 Å². The van der Waals surface area contributed by atoms with E-state index in [4.69, 9.17) is 14.2 Å². The first-order chi connectivity index (χ1) is 16.5. The van der Waals surface area contributed by atoms with Crippen LogP contribution in [0.4, 0.5) is 0 Å². The Labute approximate surface area is 199 Å². The van der Waals surface area contributed by atoms with Crippen molar-refractivity contribution in [1.82, 2.24) is 4.57 Å². The van der Waals surface area contributed by atoms with Crippen molar-refractivity contribution in [3.63, 3.8) is 0 Å². The van der Waals surface area contributed by atoms with Crippen molar-refractivity contribution in [1.29, 1.82) is 0 Å². The quantitative estimate of drug-likeness (QED) is 0.531. The van der Waals surface area contributed by atoms with E-state index in [1.165, 1.54) is 11.3 Å². The molecule has 0 spiro atoms. The summed E-state index contributed by atoms with van der Waals surface area (Å²) in [4.78, 5) is 31.5. The summed E-state index contributed by atoms with van der Waals surface area (Å²) in [5, 5.41) is 0. The Kier molecular flexibility index (Phi) is 5.90. The van der Waals surface area contributed by atoms with Crippen LogP contribution in [0.1, 0.15) is 31.0 Å². The highest BCUT2D eigenvalue weighted by atomic mass is 32.1. The number of rotatable bonds is 5. The van der Waals surface area contributed by atoms with Crippen LogP contribution in [0.3, 0.4) is 0 Å². The second-order valence-corrected chi connectivity index (χ2v) is 8.74. The number of hydrogen-bond donors (Lipinski definition) is 0. The summed E-state index contributed by atoms with van der Waals surface area (Å²) in [7, 11) is 0. The van der Waals surface area contributed by atoms with E-state index >= 15 is 0 Å². The van der Waals surface area contributed by atoms with Gasteiger partial charge in [-0.1, -0.05) is 59.9 Å². The van der Waals surface area contributed by atoms with E-state index in [9.17, 15) is 9.59 Å². The molecule has 7 nitrogen and oxygen atoms in total. The number of nitrogens with zero attached hydrogens (tertiary/aromatic N) is 2. The predicted molar refractivity (Wildman–Crippen MR) is 129 cm³/mol. The third kappa shape index (κ3) is 4.08. The van der Waals surface area contributed by atoms with Gasteiger partial charge in [0.1, 0.15) is 0 Å². The normalized spacial score (nSPS) is 17.1. The van der Waals surface area contributed by atoms with E-state index < -0.39 is 12.0 Å². The molecule has 172 valence electrons. The third-order valence-corrected chi connectivity index (χ3v) is 6.51. The monoisotopic (exact) mass is 474 g/mol. The van der Waals surface area contributed by atoms with Crippen LogP contribution in [-0.2, 0) is 9.53 Å². The first-order valence-corrected chi connectivity index (χ1v) is 11.7. The molecule has 8 heteroatoms. The van der Waals surface area contributed by atoms with Gasteiger partial charge >= 0.3 is 5.97 Å². The van der Waals surface area contributed by atoms with Crippen molar-refractivity contribution < 1.29 is 19.0 Å². The van der Waals surface area contributed by atoms with Crippen LogP contribution < -0.4 is 24.4 Å². The summed E-state index contributed by atoms with van der Waals surface area (Å²) in [6, 6.07) is 14.6. The van der Waals surface area contributed by atoms with Crippen LogP contribution in [0.25, 0.3) is 12.2 Å². The molecule has 0 fully saturated rings. The van der Waals surface area contributed by atoms with Gasteiger partial charge in [-0.05, 0) is 43.2 Å². The molecule has 0 unspecified atom stereocenters. The third-order valence-electron chi connectivity index (χ3n) is 5.52. The lowest BCUT2D eigenvalue weighted by atomic mass is 10.0. The Hall–Kier alpha value is -3.91. The number of ether oxygens (including phenoxy) is 3. The Morgan fingerprint density at radius 2 is 1.97 bits per heavy atom. The van der Waals surface area contributed by atoms with Crippen molar-refractivity contribution in [2.75, 3.05) is 13.4 Å². The smallest absolute Gasteiger partial charge is 0.338 e. The van der Waals surface area contributed by atoms with Gasteiger partial charge in [0.25, 0.3) is 5.56 Å². The Bertz CT molecular complexity index is 1500. The van der Waals surface area contributed by atoms with Crippen LogP contribution in [0, 0.1) is 0 Å². The zero-order valence-corrected chi connectivity index (χ0v) is 19.5. The molecule has 0 radical (unpaired) electrons. The second-order valence-electron chi connectivity index (χ2n) is 7.73. The highest BCUT2D eigenvalue weighted by Crippen LogP contribution is 2.32. The first kappa shape index (κ1) is 21.9. The Balaban J connectivity index is 1.63. The summed E-state index contributed by atoms with van der Waals surface area (Å²) in [5.74, 6) is 0.849. The van der Waals surface area contributed by atoms with Crippen LogP contribution in [0.5, 0.6) is 11.5 Å². The highest BCUT2D eigenvalue weighted by molar-refractivity contribution is 7.07. The number of aromatic nitrogens is 1. The maximum Gasteiger partial charge on any atom is 0.338 e. The van der Waals surface area contributed by atoms with E-state index in [1.54, 1.807) is 24.5 Å². The lowest BCUT2D eigenvalue weighted by Crippen LogP contribution is -2.38. The van der Waals surface area contributed by atoms with Crippen molar-refractivity contribution in [2.24, 2.45) is 4.99 Å². The summed E-state index contributed by atoms with van der Waals surface area (Å²) in [6.45, 7) is 3.94. The van der Waals surface area contributed by atoms with Crippen molar-refractivity contribution in [2.45, 2.75) is 19.9 Å². The molecule has 3 aromatic rings. The average molecular weight is 475 g/mol. The largest absolute Gasteiger partial charge is 0.463 e. The molecule has 0 saturated carbocycles. The minimum atomic E-state index is -0.630. The van der Waals surface area contributed by atoms with Crippen LogP contribution in [0.15, 0.2) is 75.7 Å². The summed E-state index contributed by atoms with van der Waals surface area (Å²) in [5.41, 5.74) is 2.45. The molecule has 0 amide bonds. The molecule has 2 aliphatic heterocycles. The van der Waals surface area contributed by atoms with Gasteiger partial charge in [0, 0.05) is 0 Å². The molecule has 0 aliphatic carbocycles. The van der Waals surface area contributed by atoms with E-state index in [1.807, 2.05) is 60.7 Å². The average Bonchev–Trinajstić information content (AvgIpc) is 3.42. The molecule has 1 atom stereocenters. The molecule has 0 bridgehead atoms. The number of allylic oxidation sites excluding steroid dienone is 2. The van der Waals surface area contributed by atoms with E-state index in [2.05, 4.69) is 4.99 Å². The van der Waals surface area contributed by atoms with Gasteiger partial charge in [-0.25, -0.2) is 9.79 Å². The van der Waals surface area contributed by atoms with Gasteiger partial charge in [0.15, 0.2) is 16.3 Å². The van der Waals surface area contributed by atoms with Crippen molar-refractivity contribution in [3.05, 3.63) is 96.7 Å². The molecular weight excluding hydrogens is 452 g/mol. The number of fused-ring (bicyclic) bond motifs is 2. The topological polar surface area (TPSA) is 79.1 Å². The lowest BCUT2D eigenvalue weighted by Gasteiger charge is -2.21. The first-order valence-electron chi connectivity index (χ1n) is 10.9. The second kappa shape index (κ2) is 9.15. The molecule has 0 N–H and O–H groups in total. The SMILES string of the molecule is CCOC(=O)C1=C(C)N=c2sc(=Cc3ccc4c(c3)OCO4)c(=O)n2[C@@H]1/C=C/c1ccccc1.